The summed E-state index contributed by atoms with van der Waals surface area (Å²) in [7, 11) is 1.27. The maximum Gasteiger partial charge on any atom is 0.328 e. The molecule has 0 aliphatic heterocycles. The van der Waals surface area contributed by atoms with Crippen LogP contribution >= 0.6 is 22.6 Å². The second kappa shape index (κ2) is 17.5. The molecule has 39 heavy (non-hydrogen) atoms. The fourth-order valence-corrected chi connectivity index (χ4v) is 5.32. The predicted octanol–water partition coefficient (Wildman–Crippen LogP) is 4.38. The number of benzene rings is 1. The van der Waals surface area contributed by atoms with E-state index in [2.05, 4.69) is 12.2 Å². The standard InChI is InChI=1S/C30H42INO7/c1-3-4-7-10-21(33)14-15-23-22(27(35)19-28(23)36)11-8-5-6-9-12-29(37)32-25(30(38)39-2)18-20-13-16-26(34)24(31)17-20/h5,8,13-17,21-23,25,28,33-34,36H,3-4,6-7,9-12,18-19H2,1-2H3,(H,32,37)/b8-5-,15-14+/t21-,22+,23+,25?,28+/m0/s1/i31-2. The van der Waals surface area contributed by atoms with Gasteiger partial charge in [0.2, 0.25) is 5.91 Å². The molecule has 0 spiro atoms. The Balaban J connectivity index is 1.79. The highest BCUT2D eigenvalue weighted by molar-refractivity contribution is 14.1. The molecule has 0 radical (unpaired) electrons. The molecular weight excluding hydrogens is 611 g/mol. The number of unbranched alkanes of at least 4 members (excludes halogenated alkanes) is 3. The van der Waals surface area contributed by atoms with Crippen LogP contribution in [0.15, 0.2) is 42.5 Å². The fourth-order valence-electron chi connectivity index (χ4n) is 4.74. The van der Waals surface area contributed by atoms with Gasteiger partial charge in [-0.25, -0.2) is 4.79 Å². The summed E-state index contributed by atoms with van der Waals surface area (Å²) in [5.41, 5.74) is 0.793. The van der Waals surface area contributed by atoms with Crippen LogP contribution in [0.2, 0.25) is 0 Å². The van der Waals surface area contributed by atoms with E-state index >= 15 is 0 Å². The van der Waals surface area contributed by atoms with Crippen molar-refractivity contribution in [2.45, 2.75) is 89.4 Å². The second-order valence-electron chi connectivity index (χ2n) is 10.1. The second-order valence-corrected chi connectivity index (χ2v) is 11.3. The van der Waals surface area contributed by atoms with Crippen molar-refractivity contribution in [3.8, 4) is 5.75 Å². The Morgan fingerprint density at radius 2 is 2.00 bits per heavy atom. The van der Waals surface area contributed by atoms with Crippen LogP contribution in [0, 0.1) is 15.4 Å². The number of carbonyl (C=O) groups excluding carboxylic acids is 3. The van der Waals surface area contributed by atoms with Crippen LogP contribution in [0.3, 0.4) is 0 Å². The van der Waals surface area contributed by atoms with E-state index in [9.17, 15) is 29.7 Å². The number of phenolic OH excluding ortho intramolecular Hbond substituents is 1. The molecule has 1 amide bonds. The Labute approximate surface area is 245 Å². The van der Waals surface area contributed by atoms with Crippen molar-refractivity contribution in [1.82, 2.24) is 5.32 Å². The summed E-state index contributed by atoms with van der Waals surface area (Å²) in [5.74, 6) is -1.24. The van der Waals surface area contributed by atoms with Gasteiger partial charge >= 0.3 is 5.97 Å². The van der Waals surface area contributed by atoms with Crippen LogP contribution < -0.4 is 5.32 Å². The van der Waals surface area contributed by atoms with Crippen molar-refractivity contribution in [3.63, 3.8) is 0 Å². The molecule has 5 atom stereocenters. The lowest BCUT2D eigenvalue weighted by Crippen LogP contribution is -2.43. The molecule has 9 heteroatoms. The number of rotatable bonds is 16. The van der Waals surface area contributed by atoms with Gasteiger partial charge in [-0.15, -0.1) is 0 Å². The van der Waals surface area contributed by atoms with Crippen molar-refractivity contribution in [2.24, 2.45) is 11.8 Å². The molecule has 8 nitrogen and oxygen atoms in total. The van der Waals surface area contributed by atoms with Crippen LogP contribution in [0.1, 0.15) is 70.3 Å². The molecule has 1 unspecified atom stereocenters. The summed E-state index contributed by atoms with van der Waals surface area (Å²) in [6.45, 7) is 2.11. The number of hydrogen-bond donors (Lipinski definition) is 4. The van der Waals surface area contributed by atoms with Crippen LogP contribution in [0.4, 0.5) is 0 Å². The molecule has 4 N–H and O–H groups in total. The summed E-state index contributed by atoms with van der Waals surface area (Å²) >= 11 is 2.00. The van der Waals surface area contributed by atoms with Gasteiger partial charge in [0.25, 0.3) is 0 Å². The number of aliphatic hydroxyl groups excluding tert-OH is 2. The molecule has 1 aromatic carbocycles. The first-order valence-electron chi connectivity index (χ1n) is 13.7. The van der Waals surface area contributed by atoms with Crippen molar-refractivity contribution >= 4 is 40.3 Å². The van der Waals surface area contributed by atoms with E-state index in [1.54, 1.807) is 30.4 Å². The SMILES string of the molecule is CCCCC[C@H](O)/C=C/[C@H]1[C@H](O)CC(=O)[C@@H]1C/C=C\CCCC(=O)NC(Cc1ccc(O)c([125I])c1)C(=O)OC. The molecule has 216 valence electrons. The maximum atomic E-state index is 12.5. The van der Waals surface area contributed by atoms with Gasteiger partial charge < -0.3 is 25.4 Å². The highest BCUT2D eigenvalue weighted by Crippen LogP contribution is 2.33. The summed E-state index contributed by atoms with van der Waals surface area (Å²) in [6.07, 6.45) is 12.1. The number of carbonyl (C=O) groups is 3. The van der Waals surface area contributed by atoms with E-state index < -0.39 is 24.2 Å². The predicted molar refractivity (Wildman–Crippen MR) is 158 cm³/mol. The van der Waals surface area contributed by atoms with Crippen molar-refractivity contribution in [2.75, 3.05) is 7.11 Å². The first-order chi connectivity index (χ1) is 18.7. The summed E-state index contributed by atoms with van der Waals surface area (Å²) in [4.78, 5) is 37.1. The Hall–Kier alpha value is -2.24. The first-order valence-corrected chi connectivity index (χ1v) is 14.8. The number of nitrogens with one attached hydrogen (secondary N) is 1. The molecule has 0 saturated heterocycles. The third-order valence-electron chi connectivity index (χ3n) is 7.00. The number of aliphatic hydroxyl groups is 2. The van der Waals surface area contributed by atoms with Gasteiger partial charge in [0.05, 0.1) is 22.9 Å². The minimum absolute atomic E-state index is 0.0267. The minimum atomic E-state index is -0.826. The van der Waals surface area contributed by atoms with Gasteiger partial charge in [-0.05, 0) is 66.0 Å². The number of ether oxygens (including phenoxy) is 1. The quantitative estimate of drug-likeness (QED) is 0.0902. The summed E-state index contributed by atoms with van der Waals surface area (Å²) < 4.78 is 5.50. The highest BCUT2D eigenvalue weighted by atomic mass is 125. The zero-order chi connectivity index (χ0) is 28.8. The van der Waals surface area contributed by atoms with Gasteiger partial charge in [0.15, 0.2) is 0 Å². The Morgan fingerprint density at radius 1 is 1.23 bits per heavy atom. The summed E-state index contributed by atoms with van der Waals surface area (Å²) in [6, 6.07) is 4.19. The smallest absolute Gasteiger partial charge is 0.328 e. The van der Waals surface area contributed by atoms with Gasteiger partial charge in [0.1, 0.15) is 17.6 Å². The molecule has 1 fully saturated rings. The topological polar surface area (TPSA) is 133 Å². The van der Waals surface area contributed by atoms with Gasteiger partial charge in [0, 0.05) is 31.1 Å². The number of Topliss-reactive ketones (excluding diaryl/α,β-unsaturated/α-hetero) is 1. The molecule has 1 aromatic rings. The zero-order valence-corrected chi connectivity index (χ0v) is 25.0. The normalized spacial score (nSPS) is 20.9. The first kappa shape index (κ1) is 33.0. The zero-order valence-electron chi connectivity index (χ0n) is 22.9. The lowest BCUT2D eigenvalue weighted by molar-refractivity contribution is -0.145. The third kappa shape index (κ3) is 11.4. The van der Waals surface area contributed by atoms with Gasteiger partial charge in [-0.2, -0.15) is 0 Å². The van der Waals surface area contributed by atoms with Crippen molar-refractivity contribution in [3.05, 3.63) is 51.6 Å². The van der Waals surface area contributed by atoms with E-state index in [0.717, 1.165) is 24.8 Å². The van der Waals surface area contributed by atoms with Crippen molar-refractivity contribution < 1.29 is 34.4 Å². The average Bonchev–Trinajstić information content (AvgIpc) is 3.17. The molecule has 1 aliphatic carbocycles. The molecule has 0 aromatic heterocycles. The highest BCUT2D eigenvalue weighted by Gasteiger charge is 2.39. The lowest BCUT2D eigenvalue weighted by Gasteiger charge is -2.17. The third-order valence-corrected chi connectivity index (χ3v) is 7.86. The van der Waals surface area contributed by atoms with E-state index in [1.165, 1.54) is 7.11 Å². The molecule has 1 saturated carbocycles. The summed E-state index contributed by atoms with van der Waals surface area (Å²) in [5, 5.41) is 32.9. The van der Waals surface area contributed by atoms with Crippen LogP contribution in [0.25, 0.3) is 0 Å². The lowest BCUT2D eigenvalue weighted by atomic mass is 9.90. The fraction of sp³-hybridized carbons (Fsp3) is 0.567. The molecular formula is C30H42INO7. The average molecular weight is 654 g/mol. The van der Waals surface area contributed by atoms with E-state index in [1.807, 2.05) is 34.7 Å². The molecule has 1 aliphatic rings. The van der Waals surface area contributed by atoms with Crippen LogP contribution in [-0.2, 0) is 25.5 Å². The van der Waals surface area contributed by atoms with Crippen LogP contribution in [-0.4, -0.2) is 58.3 Å². The Bertz CT molecular complexity index is 1010. The largest absolute Gasteiger partial charge is 0.507 e. The number of amides is 1. The molecule has 2 rings (SSSR count). The number of halogens is 1. The number of allylic oxidation sites excluding steroid dienone is 2. The monoisotopic (exact) mass is 653 g/mol. The number of ketones is 1. The minimum Gasteiger partial charge on any atom is -0.507 e. The number of esters is 1. The van der Waals surface area contributed by atoms with Crippen LogP contribution in [0.5, 0.6) is 5.75 Å². The Kier molecular flexibility index (Phi) is 14.8. The van der Waals surface area contributed by atoms with Gasteiger partial charge in [-0.1, -0.05) is 56.6 Å². The van der Waals surface area contributed by atoms with Crippen molar-refractivity contribution in [1.29, 1.82) is 0 Å². The maximum absolute atomic E-state index is 12.5. The number of hydrogen-bond acceptors (Lipinski definition) is 7. The number of phenols is 1. The van der Waals surface area contributed by atoms with E-state index in [0.29, 0.717) is 29.3 Å². The molecule has 0 bridgehead atoms. The number of aromatic hydroxyl groups is 1. The van der Waals surface area contributed by atoms with E-state index in [-0.39, 0.29) is 48.5 Å². The Morgan fingerprint density at radius 3 is 2.69 bits per heavy atom. The van der Waals surface area contributed by atoms with E-state index in [4.69, 9.17) is 4.74 Å². The van der Waals surface area contributed by atoms with Gasteiger partial charge in [-0.3, -0.25) is 9.59 Å². The molecule has 0 heterocycles. The number of methoxy groups -OCH3 is 1.